The Kier molecular flexibility index (Phi) is 7.68. The van der Waals surface area contributed by atoms with Crippen LogP contribution in [0.2, 0.25) is 0 Å². The van der Waals surface area contributed by atoms with Gasteiger partial charge in [-0.15, -0.1) is 0 Å². The normalized spacial score (nSPS) is 21.9. The molecule has 162 valence electrons. The maximum absolute atomic E-state index is 12.8. The van der Waals surface area contributed by atoms with Crippen molar-refractivity contribution in [2.24, 2.45) is 0 Å². The molecule has 2 aromatic carbocycles. The van der Waals surface area contributed by atoms with Gasteiger partial charge in [0.25, 0.3) is 10.1 Å². The molecular weight excluding hydrogens is 472 g/mol. The van der Waals surface area contributed by atoms with E-state index in [4.69, 9.17) is 13.7 Å². The van der Waals surface area contributed by atoms with E-state index in [1.807, 2.05) is 31.2 Å². The standard InChI is InChI=1S/C22H25BrO6S/c1-3-27-22(24)14-18-12-19(13-21(28-18)16-6-8-17(23)9-7-16)29-30(25,26)20-10-4-15(2)5-11-20/h4-11,18-19,21H,3,12-14H2,1-2H3/t18-,19-,21+/m1/s1. The quantitative estimate of drug-likeness (QED) is 0.408. The minimum absolute atomic E-state index is 0.0469. The third kappa shape index (κ3) is 6.14. The van der Waals surface area contributed by atoms with Crippen LogP contribution in [0.25, 0.3) is 0 Å². The zero-order valence-electron chi connectivity index (χ0n) is 16.9. The molecule has 0 amide bonds. The Balaban J connectivity index is 1.79. The van der Waals surface area contributed by atoms with E-state index in [0.717, 1.165) is 15.6 Å². The number of benzene rings is 2. The molecule has 0 N–H and O–H groups in total. The van der Waals surface area contributed by atoms with Crippen molar-refractivity contribution in [2.45, 2.75) is 56.3 Å². The Morgan fingerprint density at radius 1 is 1.10 bits per heavy atom. The Morgan fingerprint density at radius 2 is 1.77 bits per heavy atom. The molecule has 0 unspecified atom stereocenters. The van der Waals surface area contributed by atoms with Crippen LogP contribution in [-0.4, -0.2) is 33.2 Å². The summed E-state index contributed by atoms with van der Waals surface area (Å²) in [5, 5.41) is 0. The van der Waals surface area contributed by atoms with Crippen LogP contribution in [0.5, 0.6) is 0 Å². The summed E-state index contributed by atoms with van der Waals surface area (Å²) in [7, 11) is -3.93. The highest BCUT2D eigenvalue weighted by atomic mass is 79.9. The average molecular weight is 497 g/mol. The van der Waals surface area contributed by atoms with Crippen LogP contribution >= 0.6 is 15.9 Å². The fourth-order valence-corrected chi connectivity index (χ4v) is 4.78. The van der Waals surface area contributed by atoms with Gasteiger partial charge in [-0.05, 0) is 43.7 Å². The van der Waals surface area contributed by atoms with Crippen LogP contribution in [0.3, 0.4) is 0 Å². The molecular formula is C22H25BrO6S. The molecule has 0 aliphatic carbocycles. The molecule has 1 saturated heterocycles. The molecule has 1 aliphatic rings. The van der Waals surface area contributed by atoms with Crippen molar-refractivity contribution in [2.75, 3.05) is 6.61 Å². The van der Waals surface area contributed by atoms with Crippen molar-refractivity contribution >= 4 is 32.0 Å². The van der Waals surface area contributed by atoms with Crippen LogP contribution in [0, 0.1) is 6.92 Å². The van der Waals surface area contributed by atoms with E-state index in [2.05, 4.69) is 15.9 Å². The highest BCUT2D eigenvalue weighted by molar-refractivity contribution is 9.10. The van der Waals surface area contributed by atoms with Gasteiger partial charge in [0, 0.05) is 17.3 Å². The maximum Gasteiger partial charge on any atom is 0.308 e. The number of rotatable bonds is 7. The van der Waals surface area contributed by atoms with Gasteiger partial charge in [0.2, 0.25) is 0 Å². The predicted molar refractivity (Wildman–Crippen MR) is 115 cm³/mol. The number of aryl methyl sites for hydroxylation is 1. The average Bonchev–Trinajstić information content (AvgIpc) is 2.68. The minimum atomic E-state index is -3.93. The molecule has 30 heavy (non-hydrogen) atoms. The van der Waals surface area contributed by atoms with Crippen LogP contribution in [-0.2, 0) is 28.6 Å². The molecule has 2 aromatic rings. The number of carbonyl (C=O) groups is 1. The van der Waals surface area contributed by atoms with Crippen molar-refractivity contribution in [3.8, 4) is 0 Å². The van der Waals surface area contributed by atoms with Crippen LogP contribution in [0.4, 0.5) is 0 Å². The fourth-order valence-electron chi connectivity index (χ4n) is 3.42. The summed E-state index contributed by atoms with van der Waals surface area (Å²) in [4.78, 5) is 12.1. The van der Waals surface area contributed by atoms with E-state index in [-0.39, 0.29) is 36.4 Å². The van der Waals surface area contributed by atoms with Crippen LogP contribution in [0.1, 0.15) is 43.4 Å². The van der Waals surface area contributed by atoms with Crippen molar-refractivity contribution in [1.29, 1.82) is 0 Å². The summed E-state index contributed by atoms with van der Waals surface area (Å²) < 4.78 is 43.2. The second kappa shape index (κ2) is 10.0. The molecule has 8 heteroatoms. The number of halogens is 1. The Labute approximate surface area is 185 Å². The van der Waals surface area contributed by atoms with Crippen molar-refractivity contribution in [3.63, 3.8) is 0 Å². The van der Waals surface area contributed by atoms with Crippen LogP contribution < -0.4 is 0 Å². The first-order chi connectivity index (χ1) is 14.3. The molecule has 1 heterocycles. The summed E-state index contributed by atoms with van der Waals surface area (Å²) in [5.41, 5.74) is 1.86. The summed E-state index contributed by atoms with van der Waals surface area (Å²) in [5.74, 6) is -0.376. The van der Waals surface area contributed by atoms with Crippen molar-refractivity contribution in [1.82, 2.24) is 0 Å². The predicted octanol–water partition coefficient (Wildman–Crippen LogP) is 4.70. The lowest BCUT2D eigenvalue weighted by molar-refractivity contribution is -0.152. The minimum Gasteiger partial charge on any atom is -0.466 e. The Bertz CT molecular complexity index is 956. The van der Waals surface area contributed by atoms with Gasteiger partial charge >= 0.3 is 5.97 Å². The SMILES string of the molecule is CCOC(=O)C[C@H]1C[C@@H](OS(=O)(=O)c2ccc(C)cc2)C[C@@H](c2ccc(Br)cc2)O1. The number of ether oxygens (including phenoxy) is 2. The highest BCUT2D eigenvalue weighted by Gasteiger charge is 2.35. The summed E-state index contributed by atoms with van der Waals surface area (Å²) in [6.07, 6.45) is -0.791. The van der Waals surface area contributed by atoms with Gasteiger partial charge in [-0.3, -0.25) is 8.98 Å². The van der Waals surface area contributed by atoms with Gasteiger partial charge in [0.15, 0.2) is 0 Å². The van der Waals surface area contributed by atoms with Crippen molar-refractivity contribution in [3.05, 3.63) is 64.1 Å². The third-order valence-corrected chi connectivity index (χ3v) is 6.78. The summed E-state index contributed by atoms with van der Waals surface area (Å²) in [6.45, 7) is 3.91. The Hall–Kier alpha value is -1.74. The zero-order valence-corrected chi connectivity index (χ0v) is 19.3. The first kappa shape index (κ1) is 22.9. The first-order valence-corrected chi connectivity index (χ1v) is 12.0. The molecule has 3 atom stereocenters. The summed E-state index contributed by atoms with van der Waals surface area (Å²) >= 11 is 3.41. The van der Waals surface area contributed by atoms with Gasteiger partial charge < -0.3 is 9.47 Å². The van der Waals surface area contributed by atoms with E-state index in [1.54, 1.807) is 19.1 Å². The third-order valence-electron chi connectivity index (χ3n) is 4.87. The molecule has 6 nitrogen and oxygen atoms in total. The van der Waals surface area contributed by atoms with Gasteiger partial charge in [0.05, 0.1) is 36.2 Å². The van der Waals surface area contributed by atoms with E-state index in [0.29, 0.717) is 6.42 Å². The van der Waals surface area contributed by atoms with E-state index in [9.17, 15) is 13.2 Å². The maximum atomic E-state index is 12.8. The lowest BCUT2D eigenvalue weighted by Gasteiger charge is -2.35. The number of carbonyl (C=O) groups excluding carboxylic acids is 1. The molecule has 1 fully saturated rings. The zero-order chi connectivity index (χ0) is 21.7. The van der Waals surface area contributed by atoms with E-state index in [1.165, 1.54) is 12.1 Å². The lowest BCUT2D eigenvalue weighted by atomic mass is 9.95. The molecule has 1 aliphatic heterocycles. The van der Waals surface area contributed by atoms with Gasteiger partial charge in [-0.25, -0.2) is 0 Å². The topological polar surface area (TPSA) is 78.9 Å². The van der Waals surface area contributed by atoms with Crippen LogP contribution in [0.15, 0.2) is 57.9 Å². The molecule has 0 radical (unpaired) electrons. The molecule has 0 saturated carbocycles. The second-order valence-electron chi connectivity index (χ2n) is 7.26. The van der Waals surface area contributed by atoms with Gasteiger partial charge in [-0.2, -0.15) is 8.42 Å². The molecule has 0 bridgehead atoms. The number of hydrogen-bond acceptors (Lipinski definition) is 6. The lowest BCUT2D eigenvalue weighted by Crippen LogP contribution is -2.35. The number of esters is 1. The second-order valence-corrected chi connectivity index (χ2v) is 9.75. The fraction of sp³-hybridized carbons (Fsp3) is 0.409. The summed E-state index contributed by atoms with van der Waals surface area (Å²) in [6, 6.07) is 14.1. The highest BCUT2D eigenvalue weighted by Crippen LogP contribution is 2.36. The molecule has 0 spiro atoms. The van der Waals surface area contributed by atoms with E-state index >= 15 is 0 Å². The molecule has 3 rings (SSSR count). The first-order valence-electron chi connectivity index (χ1n) is 9.83. The Morgan fingerprint density at radius 3 is 2.40 bits per heavy atom. The van der Waals surface area contributed by atoms with Gasteiger partial charge in [0.1, 0.15) is 0 Å². The largest absolute Gasteiger partial charge is 0.466 e. The van der Waals surface area contributed by atoms with Crippen molar-refractivity contribution < 1.29 is 26.9 Å². The number of hydrogen-bond donors (Lipinski definition) is 0. The monoisotopic (exact) mass is 496 g/mol. The van der Waals surface area contributed by atoms with E-state index < -0.39 is 22.3 Å². The van der Waals surface area contributed by atoms with Gasteiger partial charge in [-0.1, -0.05) is 45.8 Å². The molecule has 0 aromatic heterocycles. The smallest absolute Gasteiger partial charge is 0.308 e.